The third-order valence-corrected chi connectivity index (χ3v) is 3.01. The molecule has 1 aliphatic heterocycles. The molecule has 0 aromatic carbocycles. The van der Waals surface area contributed by atoms with Crippen molar-refractivity contribution in [3.63, 3.8) is 0 Å². The maximum atomic E-state index is 5.48. The van der Waals surface area contributed by atoms with Crippen molar-refractivity contribution < 1.29 is 9.15 Å². The lowest BCUT2D eigenvalue weighted by molar-refractivity contribution is 0.275. The molecule has 0 N–H and O–H groups in total. The average Bonchev–Trinajstić information content (AvgIpc) is 2.55. The van der Waals surface area contributed by atoms with Crippen LogP contribution in [-0.2, 0) is 4.74 Å². The van der Waals surface area contributed by atoms with E-state index in [0.717, 1.165) is 3.57 Å². The van der Waals surface area contributed by atoms with Crippen LogP contribution in [0.4, 0.5) is 0 Å². The number of aliphatic imine (C=N–C) groups is 1. The van der Waals surface area contributed by atoms with Gasteiger partial charge < -0.3 is 9.15 Å². The van der Waals surface area contributed by atoms with Crippen LogP contribution in [0.15, 0.2) is 20.1 Å². The number of rotatable bonds is 1. The van der Waals surface area contributed by atoms with Gasteiger partial charge in [0.05, 0.1) is 9.11 Å². The molecule has 2 heterocycles. The second kappa shape index (κ2) is 3.52. The first-order chi connectivity index (χ1) is 6.48. The topological polar surface area (TPSA) is 34.7 Å². The van der Waals surface area contributed by atoms with Gasteiger partial charge in [0.1, 0.15) is 6.61 Å². The van der Waals surface area contributed by atoms with Crippen LogP contribution in [0.5, 0.6) is 0 Å². The molecule has 76 valence electrons. The van der Waals surface area contributed by atoms with E-state index in [1.807, 2.05) is 19.9 Å². The first-order valence-corrected chi connectivity index (χ1v) is 6.03. The van der Waals surface area contributed by atoms with Crippen LogP contribution >= 0.6 is 38.5 Å². The highest BCUT2D eigenvalue weighted by molar-refractivity contribution is 14.1. The lowest BCUT2D eigenvalue weighted by Crippen LogP contribution is -2.17. The maximum Gasteiger partial charge on any atom is 0.254 e. The Hall–Kier alpha value is -0.0400. The van der Waals surface area contributed by atoms with E-state index in [9.17, 15) is 0 Å². The van der Waals surface area contributed by atoms with Gasteiger partial charge in [0.15, 0.2) is 4.67 Å². The Bertz CT molecular complexity index is 398. The maximum absolute atomic E-state index is 5.48. The van der Waals surface area contributed by atoms with Gasteiger partial charge in [-0.25, -0.2) is 4.99 Å². The molecular formula is C9H9BrINO2. The number of furan rings is 1. The Balaban J connectivity index is 2.38. The predicted molar refractivity (Wildman–Crippen MR) is 65.7 cm³/mol. The fourth-order valence-electron chi connectivity index (χ4n) is 1.19. The minimum Gasteiger partial charge on any atom is -0.473 e. The molecule has 1 aromatic heterocycles. The monoisotopic (exact) mass is 369 g/mol. The zero-order valence-corrected chi connectivity index (χ0v) is 11.5. The highest BCUT2D eigenvalue weighted by atomic mass is 127. The molecule has 14 heavy (non-hydrogen) atoms. The van der Waals surface area contributed by atoms with E-state index in [1.165, 1.54) is 0 Å². The Labute approximate surface area is 104 Å². The predicted octanol–water partition coefficient (Wildman–Crippen LogP) is 3.20. The third-order valence-electron chi connectivity index (χ3n) is 1.82. The molecule has 1 aromatic rings. The molecule has 0 bridgehead atoms. The van der Waals surface area contributed by atoms with E-state index in [2.05, 4.69) is 43.5 Å². The van der Waals surface area contributed by atoms with Crippen LogP contribution in [0.25, 0.3) is 0 Å². The van der Waals surface area contributed by atoms with Gasteiger partial charge in [-0.15, -0.1) is 0 Å². The van der Waals surface area contributed by atoms with Gasteiger partial charge in [-0.1, -0.05) is 0 Å². The molecule has 0 saturated heterocycles. The van der Waals surface area contributed by atoms with Gasteiger partial charge in [-0.3, -0.25) is 0 Å². The van der Waals surface area contributed by atoms with Crippen molar-refractivity contribution >= 4 is 44.4 Å². The molecular weight excluding hydrogens is 361 g/mol. The molecule has 0 radical (unpaired) electrons. The molecule has 5 heteroatoms. The Kier molecular flexibility index (Phi) is 2.63. The summed E-state index contributed by atoms with van der Waals surface area (Å²) >= 11 is 5.47. The molecule has 0 atom stereocenters. The van der Waals surface area contributed by atoms with Crippen molar-refractivity contribution in [3.05, 3.63) is 20.1 Å². The molecule has 0 fully saturated rings. The van der Waals surface area contributed by atoms with Crippen molar-refractivity contribution in [2.24, 2.45) is 4.99 Å². The van der Waals surface area contributed by atoms with Gasteiger partial charge in [-0.05, 0) is 52.4 Å². The quantitative estimate of drug-likeness (QED) is 0.712. The Morgan fingerprint density at radius 1 is 1.57 bits per heavy atom. The van der Waals surface area contributed by atoms with Crippen molar-refractivity contribution in [1.82, 2.24) is 0 Å². The van der Waals surface area contributed by atoms with Crippen molar-refractivity contribution in [1.29, 1.82) is 0 Å². The smallest absolute Gasteiger partial charge is 0.254 e. The molecule has 2 rings (SSSR count). The van der Waals surface area contributed by atoms with Crippen molar-refractivity contribution in [3.8, 4) is 0 Å². The van der Waals surface area contributed by atoms with Crippen LogP contribution in [0, 0.1) is 3.57 Å². The van der Waals surface area contributed by atoms with Gasteiger partial charge >= 0.3 is 0 Å². The SMILES string of the molecule is CC1(C)COC(c2oc(Br)cc2I)=N1. The van der Waals surface area contributed by atoms with E-state index in [4.69, 9.17) is 9.15 Å². The highest BCUT2D eigenvalue weighted by Gasteiger charge is 2.29. The normalized spacial score (nSPS) is 19.3. The van der Waals surface area contributed by atoms with Crippen LogP contribution in [0.1, 0.15) is 19.6 Å². The van der Waals surface area contributed by atoms with E-state index in [-0.39, 0.29) is 5.54 Å². The first kappa shape index (κ1) is 10.5. The van der Waals surface area contributed by atoms with Crippen molar-refractivity contribution in [2.45, 2.75) is 19.4 Å². The van der Waals surface area contributed by atoms with Crippen molar-refractivity contribution in [2.75, 3.05) is 6.61 Å². The molecule has 0 unspecified atom stereocenters. The summed E-state index contributed by atoms with van der Waals surface area (Å²) < 4.78 is 12.6. The minimum absolute atomic E-state index is 0.141. The van der Waals surface area contributed by atoms with Crippen LogP contribution < -0.4 is 0 Å². The van der Waals surface area contributed by atoms with Crippen LogP contribution in [0.2, 0.25) is 0 Å². The fourth-order valence-corrected chi connectivity index (χ4v) is 2.63. The lowest BCUT2D eigenvalue weighted by atomic mass is 10.1. The zero-order chi connectivity index (χ0) is 10.3. The molecule has 3 nitrogen and oxygen atoms in total. The van der Waals surface area contributed by atoms with Gasteiger partial charge in [0.25, 0.3) is 5.90 Å². The highest BCUT2D eigenvalue weighted by Crippen LogP contribution is 2.27. The molecule has 1 aliphatic rings. The summed E-state index contributed by atoms with van der Waals surface area (Å²) in [5.74, 6) is 1.31. The number of halogens is 2. The van der Waals surface area contributed by atoms with Gasteiger partial charge in [-0.2, -0.15) is 0 Å². The largest absolute Gasteiger partial charge is 0.473 e. The first-order valence-electron chi connectivity index (χ1n) is 4.16. The molecule has 0 saturated carbocycles. The lowest BCUT2D eigenvalue weighted by Gasteiger charge is -2.07. The summed E-state index contributed by atoms with van der Waals surface area (Å²) in [4.78, 5) is 4.44. The number of hydrogen-bond acceptors (Lipinski definition) is 3. The Morgan fingerprint density at radius 3 is 2.71 bits per heavy atom. The van der Waals surface area contributed by atoms with E-state index < -0.39 is 0 Å². The van der Waals surface area contributed by atoms with Crippen LogP contribution in [-0.4, -0.2) is 18.0 Å². The Morgan fingerprint density at radius 2 is 2.29 bits per heavy atom. The van der Waals surface area contributed by atoms with E-state index >= 15 is 0 Å². The number of ether oxygens (including phenoxy) is 1. The second-order valence-electron chi connectivity index (χ2n) is 3.75. The fraction of sp³-hybridized carbons (Fsp3) is 0.444. The molecule has 0 spiro atoms. The number of nitrogens with zero attached hydrogens (tertiary/aromatic N) is 1. The van der Waals surface area contributed by atoms with Gasteiger partial charge in [0, 0.05) is 6.07 Å². The van der Waals surface area contributed by atoms with Gasteiger partial charge in [0.2, 0.25) is 5.76 Å². The molecule has 0 aliphatic carbocycles. The summed E-state index contributed by atoms with van der Waals surface area (Å²) in [5.41, 5.74) is -0.141. The standard InChI is InChI=1S/C9H9BrINO2/c1-9(2)4-13-8(12-9)7-5(11)3-6(10)14-7/h3H,4H2,1-2H3. The number of hydrogen-bond donors (Lipinski definition) is 0. The van der Waals surface area contributed by atoms with E-state index in [1.54, 1.807) is 0 Å². The minimum atomic E-state index is -0.141. The summed E-state index contributed by atoms with van der Waals surface area (Å²) in [6, 6.07) is 1.90. The summed E-state index contributed by atoms with van der Waals surface area (Å²) in [6.07, 6.45) is 0. The summed E-state index contributed by atoms with van der Waals surface area (Å²) in [7, 11) is 0. The summed E-state index contributed by atoms with van der Waals surface area (Å²) in [5, 5.41) is 0. The average molecular weight is 370 g/mol. The summed E-state index contributed by atoms with van der Waals surface area (Å²) in [6.45, 7) is 4.67. The molecule has 0 amide bonds. The third kappa shape index (κ3) is 1.98. The second-order valence-corrected chi connectivity index (χ2v) is 5.69. The zero-order valence-electron chi connectivity index (χ0n) is 7.80. The van der Waals surface area contributed by atoms with Crippen LogP contribution in [0.3, 0.4) is 0 Å². The van der Waals surface area contributed by atoms with E-state index in [0.29, 0.717) is 22.9 Å².